The van der Waals surface area contributed by atoms with Crippen molar-refractivity contribution in [2.24, 2.45) is 5.16 Å². The van der Waals surface area contributed by atoms with E-state index in [0.29, 0.717) is 5.88 Å². The molecule has 0 fully saturated rings. The molecule has 14 heavy (non-hydrogen) atoms. The van der Waals surface area contributed by atoms with Crippen LogP contribution in [0.2, 0.25) is 0 Å². The molecule has 0 aromatic carbocycles. The Labute approximate surface area is 87.7 Å². The zero-order chi connectivity index (χ0) is 9.97. The van der Waals surface area contributed by atoms with Crippen molar-refractivity contribution in [3.63, 3.8) is 0 Å². The molecule has 74 valence electrons. The van der Waals surface area contributed by atoms with Gasteiger partial charge in [-0.2, -0.15) is 0 Å². The Morgan fingerprint density at radius 1 is 1.57 bits per heavy atom. The van der Waals surface area contributed by atoms with Gasteiger partial charge in [0, 0.05) is 23.9 Å². The molecule has 1 aliphatic heterocycles. The quantitative estimate of drug-likeness (QED) is 0.701. The van der Waals surface area contributed by atoms with Crippen LogP contribution in [0.3, 0.4) is 0 Å². The van der Waals surface area contributed by atoms with Crippen LogP contribution in [0.1, 0.15) is 17.7 Å². The van der Waals surface area contributed by atoms with Crippen LogP contribution in [-0.4, -0.2) is 22.7 Å². The van der Waals surface area contributed by atoms with Crippen LogP contribution in [0.4, 0.5) is 0 Å². The van der Waals surface area contributed by atoms with Gasteiger partial charge in [0.1, 0.15) is 6.10 Å². The number of halogens is 1. The maximum atomic E-state index is 5.67. The van der Waals surface area contributed by atoms with Gasteiger partial charge in [-0.15, -0.1) is 11.6 Å². The summed E-state index contributed by atoms with van der Waals surface area (Å²) in [5, 5.41) is 3.98. The maximum absolute atomic E-state index is 5.67. The van der Waals surface area contributed by atoms with E-state index >= 15 is 0 Å². The van der Waals surface area contributed by atoms with E-state index in [9.17, 15) is 0 Å². The third-order valence-electron chi connectivity index (χ3n) is 2.15. The lowest BCUT2D eigenvalue weighted by Crippen LogP contribution is -2.09. The van der Waals surface area contributed by atoms with Gasteiger partial charge in [0.15, 0.2) is 0 Å². The summed E-state index contributed by atoms with van der Waals surface area (Å²) >= 11 is 5.67. The molecule has 1 unspecified atom stereocenters. The van der Waals surface area contributed by atoms with E-state index in [1.54, 1.807) is 0 Å². The van der Waals surface area contributed by atoms with E-state index in [1.165, 1.54) is 0 Å². The van der Waals surface area contributed by atoms with Crippen molar-refractivity contribution in [1.82, 2.24) is 4.98 Å². The van der Waals surface area contributed by atoms with Crippen molar-refractivity contribution in [2.45, 2.75) is 19.4 Å². The minimum absolute atomic E-state index is 0.0213. The summed E-state index contributed by atoms with van der Waals surface area (Å²) in [5.74, 6) is 0.478. The number of oxime groups is 1. The fourth-order valence-electron chi connectivity index (χ4n) is 1.32. The number of aryl methyl sites for hydroxylation is 1. The lowest BCUT2D eigenvalue weighted by Gasteiger charge is -2.01. The molecule has 1 aliphatic rings. The summed E-state index contributed by atoms with van der Waals surface area (Å²) in [6.07, 6.45) is 2.61. The van der Waals surface area contributed by atoms with E-state index in [4.69, 9.17) is 16.4 Å². The van der Waals surface area contributed by atoms with Gasteiger partial charge in [-0.05, 0) is 19.1 Å². The van der Waals surface area contributed by atoms with Crippen LogP contribution in [0, 0.1) is 6.92 Å². The van der Waals surface area contributed by atoms with Gasteiger partial charge >= 0.3 is 0 Å². The molecule has 0 saturated heterocycles. The summed E-state index contributed by atoms with van der Waals surface area (Å²) in [6, 6.07) is 3.97. The molecule has 0 N–H and O–H groups in total. The average molecular weight is 211 g/mol. The van der Waals surface area contributed by atoms with Gasteiger partial charge in [-0.1, -0.05) is 5.16 Å². The van der Waals surface area contributed by atoms with Crippen LogP contribution in [0.15, 0.2) is 23.5 Å². The van der Waals surface area contributed by atoms with E-state index < -0.39 is 0 Å². The monoisotopic (exact) mass is 210 g/mol. The highest BCUT2D eigenvalue weighted by Gasteiger charge is 2.20. The van der Waals surface area contributed by atoms with E-state index in [2.05, 4.69) is 10.1 Å². The van der Waals surface area contributed by atoms with Crippen molar-refractivity contribution in [1.29, 1.82) is 0 Å². The topological polar surface area (TPSA) is 34.5 Å². The molecule has 0 bridgehead atoms. The van der Waals surface area contributed by atoms with Gasteiger partial charge in [0.25, 0.3) is 0 Å². The zero-order valence-corrected chi connectivity index (χ0v) is 8.66. The summed E-state index contributed by atoms with van der Waals surface area (Å²) in [4.78, 5) is 9.33. The SMILES string of the molecule is Cc1ccc(C2=NOC(CCl)C2)cn1. The van der Waals surface area contributed by atoms with Crippen LogP contribution in [0.5, 0.6) is 0 Å². The predicted octanol–water partition coefficient (Wildman–Crippen LogP) is 2.12. The van der Waals surface area contributed by atoms with Gasteiger partial charge in [-0.25, -0.2) is 0 Å². The average Bonchev–Trinajstić information content (AvgIpc) is 2.67. The number of pyridine rings is 1. The van der Waals surface area contributed by atoms with Crippen LogP contribution in [-0.2, 0) is 4.84 Å². The van der Waals surface area contributed by atoms with Crippen molar-refractivity contribution >= 4 is 17.3 Å². The van der Waals surface area contributed by atoms with Crippen LogP contribution >= 0.6 is 11.6 Å². The number of alkyl halides is 1. The van der Waals surface area contributed by atoms with Gasteiger partial charge < -0.3 is 4.84 Å². The highest BCUT2D eigenvalue weighted by Crippen LogP contribution is 2.16. The number of aromatic nitrogens is 1. The fourth-order valence-corrected chi connectivity index (χ4v) is 1.49. The Morgan fingerprint density at radius 2 is 2.43 bits per heavy atom. The van der Waals surface area contributed by atoms with Crippen molar-refractivity contribution in [3.8, 4) is 0 Å². The van der Waals surface area contributed by atoms with Crippen LogP contribution < -0.4 is 0 Å². The molecule has 1 atom stereocenters. The molecule has 0 radical (unpaired) electrons. The fraction of sp³-hybridized carbons (Fsp3) is 0.400. The molecular weight excluding hydrogens is 200 g/mol. The van der Waals surface area contributed by atoms with Gasteiger partial charge in [0.2, 0.25) is 0 Å². The van der Waals surface area contributed by atoms with Gasteiger partial charge in [0.05, 0.1) is 11.6 Å². The summed E-state index contributed by atoms with van der Waals surface area (Å²) in [5.41, 5.74) is 2.95. The van der Waals surface area contributed by atoms with Crippen molar-refractivity contribution in [2.75, 3.05) is 5.88 Å². The molecule has 4 heteroatoms. The highest BCUT2D eigenvalue weighted by atomic mass is 35.5. The third kappa shape index (κ3) is 1.87. The smallest absolute Gasteiger partial charge is 0.146 e. The standard InChI is InChI=1S/C10H11ClN2O/c1-7-2-3-8(6-12-7)10-4-9(5-11)14-13-10/h2-3,6,9H,4-5H2,1H3. The number of hydrogen-bond acceptors (Lipinski definition) is 3. The second kappa shape index (κ2) is 3.96. The molecule has 1 aromatic heterocycles. The molecular formula is C10H11ClN2O. The first kappa shape index (κ1) is 9.46. The van der Waals surface area contributed by atoms with Gasteiger partial charge in [-0.3, -0.25) is 4.98 Å². The summed E-state index contributed by atoms with van der Waals surface area (Å²) in [6.45, 7) is 1.96. The highest BCUT2D eigenvalue weighted by molar-refractivity contribution is 6.18. The molecule has 2 heterocycles. The second-order valence-electron chi connectivity index (χ2n) is 3.31. The molecule has 2 rings (SSSR count). The Hall–Kier alpha value is -1.09. The molecule has 0 spiro atoms. The zero-order valence-electron chi connectivity index (χ0n) is 7.90. The lowest BCUT2D eigenvalue weighted by molar-refractivity contribution is 0.102. The first-order chi connectivity index (χ1) is 6.79. The molecule has 3 nitrogen and oxygen atoms in total. The van der Waals surface area contributed by atoms with Crippen LogP contribution in [0.25, 0.3) is 0 Å². The largest absolute Gasteiger partial charge is 0.391 e. The Kier molecular flexibility index (Phi) is 2.68. The molecule has 0 amide bonds. The van der Waals surface area contributed by atoms with E-state index in [-0.39, 0.29) is 6.10 Å². The number of hydrogen-bond donors (Lipinski definition) is 0. The van der Waals surface area contributed by atoms with Crippen molar-refractivity contribution in [3.05, 3.63) is 29.6 Å². The predicted molar refractivity (Wildman–Crippen MR) is 55.7 cm³/mol. The molecule has 0 saturated carbocycles. The minimum atomic E-state index is 0.0213. The molecule has 1 aromatic rings. The summed E-state index contributed by atoms with van der Waals surface area (Å²) < 4.78 is 0. The Morgan fingerprint density at radius 3 is 3.00 bits per heavy atom. The van der Waals surface area contributed by atoms with Crippen molar-refractivity contribution < 1.29 is 4.84 Å². The number of rotatable bonds is 2. The molecule has 0 aliphatic carbocycles. The summed E-state index contributed by atoms with van der Waals surface area (Å²) in [7, 11) is 0. The minimum Gasteiger partial charge on any atom is -0.391 e. The first-order valence-corrected chi connectivity index (χ1v) is 5.04. The van der Waals surface area contributed by atoms with E-state index in [0.717, 1.165) is 23.4 Å². The maximum Gasteiger partial charge on any atom is 0.146 e. The Bertz CT molecular complexity index is 348. The first-order valence-electron chi connectivity index (χ1n) is 4.51. The van der Waals surface area contributed by atoms with E-state index in [1.807, 2.05) is 25.3 Å². The lowest BCUT2D eigenvalue weighted by atomic mass is 10.1. The third-order valence-corrected chi connectivity index (χ3v) is 2.49. The normalized spacial score (nSPS) is 20.4. The number of nitrogens with zero attached hydrogens (tertiary/aromatic N) is 2. The Balaban J connectivity index is 2.13. The second-order valence-corrected chi connectivity index (χ2v) is 3.62.